The molecule has 0 spiro atoms. The molecule has 1 heterocycles. The van der Waals surface area contributed by atoms with Gasteiger partial charge in [-0.2, -0.15) is 0 Å². The van der Waals surface area contributed by atoms with E-state index in [1.54, 1.807) is 0 Å². The minimum atomic E-state index is 0.959. The molecule has 0 aliphatic carbocycles. The number of H-pyrrole nitrogens is 1. The van der Waals surface area contributed by atoms with Crippen molar-refractivity contribution in [3.8, 4) is 0 Å². The third-order valence-corrected chi connectivity index (χ3v) is 3.50. The molecule has 0 amide bonds. The Hall–Kier alpha value is -0.0800. The molecule has 62 valence electrons. The summed E-state index contributed by atoms with van der Waals surface area (Å²) in [6, 6.07) is 10.6. The Balaban J connectivity index is 2.47. The van der Waals surface area contributed by atoms with Crippen molar-refractivity contribution in [3.63, 3.8) is 0 Å². The van der Waals surface area contributed by atoms with Crippen LogP contribution in [0.1, 0.15) is 5.69 Å². The van der Waals surface area contributed by atoms with Gasteiger partial charge in [-0.25, -0.2) is 0 Å². The number of fused-ring (bicyclic) bond motifs is 1. The molecule has 2 aromatic rings. The molecule has 0 aliphatic rings. The molecule has 0 radical (unpaired) electrons. The monoisotopic (exact) mass is 289 g/mol. The highest BCUT2D eigenvalue weighted by atomic mass is 127. The van der Waals surface area contributed by atoms with E-state index < -0.39 is 0 Å². The van der Waals surface area contributed by atoms with Crippen molar-refractivity contribution in [2.75, 3.05) is 0 Å². The molecule has 1 aromatic heterocycles. The lowest BCUT2D eigenvalue weighted by Crippen LogP contribution is -1.72. The predicted octanol–water partition coefficient (Wildman–Crippen LogP) is 3.70. The van der Waals surface area contributed by atoms with E-state index in [-0.39, 0.29) is 0 Å². The Morgan fingerprint density at radius 2 is 2.17 bits per heavy atom. The fourth-order valence-electron chi connectivity index (χ4n) is 1.30. The van der Waals surface area contributed by atoms with E-state index in [0.717, 1.165) is 12.4 Å². The van der Waals surface area contributed by atoms with Crippen LogP contribution in [0.15, 0.2) is 30.3 Å². The standard InChI is InChI=1S/C9H9INP/c10-12-6-8-5-7-3-1-2-4-9(7)11-8/h1-5,11-12H,6H2. The summed E-state index contributed by atoms with van der Waals surface area (Å²) in [6.07, 6.45) is 2.12. The highest BCUT2D eigenvalue weighted by molar-refractivity contribution is 14.2. The fourth-order valence-corrected chi connectivity index (χ4v) is 2.87. The quantitative estimate of drug-likeness (QED) is 0.641. The maximum Gasteiger partial charge on any atom is 0.0456 e. The first kappa shape index (κ1) is 8.52. The van der Waals surface area contributed by atoms with Crippen LogP contribution in [0.25, 0.3) is 10.9 Å². The zero-order chi connectivity index (χ0) is 8.39. The van der Waals surface area contributed by atoms with Gasteiger partial charge in [0.1, 0.15) is 0 Å². The number of rotatable bonds is 2. The summed E-state index contributed by atoms with van der Waals surface area (Å²) < 4.78 is 0. The van der Waals surface area contributed by atoms with Gasteiger partial charge < -0.3 is 4.98 Å². The average Bonchev–Trinajstić information content (AvgIpc) is 2.47. The van der Waals surface area contributed by atoms with Crippen LogP contribution < -0.4 is 0 Å². The van der Waals surface area contributed by atoms with Crippen LogP contribution in [-0.4, -0.2) is 4.98 Å². The highest BCUT2D eigenvalue weighted by Gasteiger charge is 1.97. The second kappa shape index (κ2) is 3.75. The Bertz CT molecular complexity index is 350. The van der Waals surface area contributed by atoms with Crippen LogP contribution in [0.3, 0.4) is 0 Å². The molecule has 0 aliphatic heterocycles. The molecule has 3 heteroatoms. The number of aromatic nitrogens is 1. The molecule has 0 bridgehead atoms. The van der Waals surface area contributed by atoms with Crippen LogP contribution in [-0.2, 0) is 6.16 Å². The lowest BCUT2D eigenvalue weighted by molar-refractivity contribution is 1.27. The minimum absolute atomic E-state index is 0.959. The van der Waals surface area contributed by atoms with E-state index in [4.69, 9.17) is 0 Å². The molecule has 2 rings (SSSR count). The van der Waals surface area contributed by atoms with Crippen LogP contribution in [0.2, 0.25) is 0 Å². The highest BCUT2D eigenvalue weighted by Crippen LogP contribution is 2.27. The van der Waals surface area contributed by atoms with E-state index in [2.05, 4.69) is 57.4 Å². The molecular formula is C9H9INP. The van der Waals surface area contributed by atoms with Gasteiger partial charge in [0, 0.05) is 17.4 Å². The number of benzene rings is 1. The normalized spacial score (nSPS) is 11.8. The summed E-state index contributed by atoms with van der Waals surface area (Å²) in [5.41, 5.74) is 2.60. The van der Waals surface area contributed by atoms with E-state index in [1.165, 1.54) is 16.6 Å². The average molecular weight is 289 g/mol. The lowest BCUT2D eigenvalue weighted by Gasteiger charge is -1.88. The summed E-state index contributed by atoms with van der Waals surface area (Å²) in [5, 5.41) is 1.32. The topological polar surface area (TPSA) is 15.8 Å². The van der Waals surface area contributed by atoms with Crippen LogP contribution in [0, 0.1) is 0 Å². The van der Waals surface area contributed by atoms with Gasteiger partial charge in [0.2, 0.25) is 0 Å². The number of halogens is 1. The molecule has 0 saturated carbocycles. The molecule has 0 fully saturated rings. The molecular weight excluding hydrogens is 280 g/mol. The number of aromatic amines is 1. The number of para-hydroxylation sites is 1. The zero-order valence-corrected chi connectivity index (χ0v) is 9.63. The summed E-state index contributed by atoms with van der Waals surface area (Å²) in [4.78, 5) is 3.40. The van der Waals surface area contributed by atoms with E-state index in [9.17, 15) is 0 Å². The van der Waals surface area contributed by atoms with Crippen molar-refractivity contribution in [1.29, 1.82) is 0 Å². The van der Waals surface area contributed by atoms with Gasteiger partial charge in [0.15, 0.2) is 0 Å². The molecule has 0 saturated heterocycles. The van der Waals surface area contributed by atoms with Crippen LogP contribution in [0.5, 0.6) is 0 Å². The second-order valence-electron chi connectivity index (χ2n) is 2.69. The van der Waals surface area contributed by atoms with E-state index in [0.29, 0.717) is 0 Å². The van der Waals surface area contributed by atoms with Crippen molar-refractivity contribution in [2.45, 2.75) is 6.16 Å². The van der Waals surface area contributed by atoms with Gasteiger partial charge >= 0.3 is 0 Å². The van der Waals surface area contributed by atoms with Crippen LogP contribution >= 0.6 is 28.3 Å². The van der Waals surface area contributed by atoms with E-state index >= 15 is 0 Å². The molecule has 1 aromatic carbocycles. The van der Waals surface area contributed by atoms with Gasteiger partial charge in [0.25, 0.3) is 0 Å². The third-order valence-electron chi connectivity index (χ3n) is 1.84. The van der Waals surface area contributed by atoms with Crippen molar-refractivity contribution < 1.29 is 0 Å². The van der Waals surface area contributed by atoms with Gasteiger partial charge in [-0.15, -0.1) is 0 Å². The predicted molar refractivity (Wildman–Crippen MR) is 64.3 cm³/mol. The first-order valence-corrected chi connectivity index (χ1v) is 8.12. The van der Waals surface area contributed by atoms with Gasteiger partial charge in [-0.3, -0.25) is 0 Å². The molecule has 1 nitrogen and oxygen atoms in total. The zero-order valence-electron chi connectivity index (χ0n) is 6.47. The third kappa shape index (κ3) is 1.64. The molecule has 1 atom stereocenters. The summed E-state index contributed by atoms with van der Waals surface area (Å²) in [6.45, 7) is 0. The van der Waals surface area contributed by atoms with Crippen molar-refractivity contribution in [1.82, 2.24) is 4.98 Å². The van der Waals surface area contributed by atoms with Crippen LogP contribution in [0.4, 0.5) is 0 Å². The Kier molecular flexibility index (Phi) is 2.66. The first-order chi connectivity index (χ1) is 5.90. The van der Waals surface area contributed by atoms with Gasteiger partial charge in [0.05, 0.1) is 0 Å². The van der Waals surface area contributed by atoms with Gasteiger partial charge in [-0.05, 0) is 23.7 Å². The van der Waals surface area contributed by atoms with Crippen molar-refractivity contribution in [2.24, 2.45) is 0 Å². The maximum atomic E-state index is 3.40. The Labute approximate surface area is 86.2 Å². The SMILES string of the molecule is IPCc1cc2ccccc2[nH]1. The maximum absolute atomic E-state index is 3.40. The number of hydrogen-bond donors (Lipinski definition) is 1. The molecule has 1 N–H and O–H groups in total. The summed E-state index contributed by atoms with van der Waals surface area (Å²) in [5.74, 6) is 0. The minimum Gasteiger partial charge on any atom is -0.358 e. The molecule has 1 unspecified atom stereocenters. The fraction of sp³-hybridized carbons (Fsp3) is 0.111. The number of nitrogens with one attached hydrogen (secondary N) is 1. The summed E-state index contributed by atoms with van der Waals surface area (Å²) >= 11 is 2.42. The van der Waals surface area contributed by atoms with Crippen molar-refractivity contribution in [3.05, 3.63) is 36.0 Å². The van der Waals surface area contributed by atoms with Crippen molar-refractivity contribution >= 4 is 39.2 Å². The van der Waals surface area contributed by atoms with Gasteiger partial charge in [-0.1, -0.05) is 40.2 Å². The Morgan fingerprint density at radius 3 is 2.92 bits per heavy atom. The first-order valence-electron chi connectivity index (χ1n) is 3.80. The Morgan fingerprint density at radius 1 is 1.33 bits per heavy atom. The lowest BCUT2D eigenvalue weighted by atomic mass is 10.2. The smallest absolute Gasteiger partial charge is 0.0456 e. The molecule has 12 heavy (non-hydrogen) atoms. The second-order valence-corrected chi connectivity index (χ2v) is 5.60. The largest absolute Gasteiger partial charge is 0.358 e. The summed E-state index contributed by atoms with van der Waals surface area (Å²) in [7, 11) is 0. The number of hydrogen-bond acceptors (Lipinski definition) is 0. The van der Waals surface area contributed by atoms with E-state index in [1.807, 2.05) is 0 Å².